The second-order valence-electron chi connectivity index (χ2n) is 7.18. The smallest absolute Gasteiger partial charge is 0.410 e. The van der Waals surface area contributed by atoms with Crippen LogP contribution in [0.15, 0.2) is 60.7 Å². The zero-order valence-electron chi connectivity index (χ0n) is 15.8. The minimum atomic E-state index is -0.339. The van der Waals surface area contributed by atoms with Gasteiger partial charge in [-0.2, -0.15) is 0 Å². The molecule has 0 spiro atoms. The summed E-state index contributed by atoms with van der Waals surface area (Å²) in [4.78, 5) is 26.7. The predicted octanol–water partition coefficient (Wildman–Crippen LogP) is 4.43. The van der Waals surface area contributed by atoms with Crippen molar-refractivity contribution in [1.82, 2.24) is 4.90 Å². The summed E-state index contributed by atoms with van der Waals surface area (Å²) in [6.07, 6.45) is 4.40. The van der Waals surface area contributed by atoms with E-state index in [0.717, 1.165) is 29.5 Å². The molecule has 1 amide bonds. The molecular weight excluding hydrogens is 354 g/mol. The number of esters is 1. The normalized spacial score (nSPS) is 20.5. The highest BCUT2D eigenvalue weighted by atomic mass is 16.6. The van der Waals surface area contributed by atoms with Crippen LogP contribution < -0.4 is 0 Å². The van der Waals surface area contributed by atoms with Crippen molar-refractivity contribution < 1.29 is 19.1 Å². The lowest BCUT2D eigenvalue weighted by Crippen LogP contribution is -2.43. The highest BCUT2D eigenvalue weighted by Gasteiger charge is 2.41. The van der Waals surface area contributed by atoms with Crippen molar-refractivity contribution in [1.29, 1.82) is 0 Å². The molecule has 1 saturated heterocycles. The van der Waals surface area contributed by atoms with Gasteiger partial charge in [0, 0.05) is 6.04 Å². The maximum atomic E-state index is 12.7. The molecule has 0 aromatic heterocycles. The summed E-state index contributed by atoms with van der Waals surface area (Å²) in [6.45, 7) is 0.275. The lowest BCUT2D eigenvalue weighted by molar-refractivity contribution is 0.0599. The highest BCUT2D eigenvalue weighted by molar-refractivity contribution is 5.95. The van der Waals surface area contributed by atoms with Crippen LogP contribution in [0.3, 0.4) is 0 Å². The highest BCUT2D eigenvalue weighted by Crippen LogP contribution is 2.39. The third-order valence-corrected chi connectivity index (χ3v) is 5.49. The predicted molar refractivity (Wildman–Crippen MR) is 106 cm³/mol. The second-order valence-corrected chi connectivity index (χ2v) is 7.18. The Morgan fingerprint density at radius 1 is 1.04 bits per heavy atom. The molecule has 144 valence electrons. The molecule has 2 aromatic rings. The fourth-order valence-corrected chi connectivity index (χ4v) is 4.16. The van der Waals surface area contributed by atoms with Crippen LogP contribution in [0.25, 0.3) is 5.57 Å². The van der Waals surface area contributed by atoms with Crippen molar-refractivity contribution in [3.05, 3.63) is 77.4 Å². The van der Waals surface area contributed by atoms with E-state index in [2.05, 4.69) is 6.08 Å². The third kappa shape index (κ3) is 3.52. The van der Waals surface area contributed by atoms with Gasteiger partial charge < -0.3 is 9.47 Å². The number of methoxy groups -OCH3 is 1. The number of nitrogens with zero attached hydrogens (tertiary/aromatic N) is 1. The number of benzene rings is 2. The number of hydrogen-bond acceptors (Lipinski definition) is 4. The molecule has 0 N–H and O–H groups in total. The fraction of sp³-hybridized carbons (Fsp3) is 0.304. The van der Waals surface area contributed by atoms with Crippen molar-refractivity contribution >= 4 is 17.6 Å². The number of ether oxygens (including phenoxy) is 2. The Hall–Kier alpha value is -3.08. The first kappa shape index (κ1) is 18.3. The Bertz CT molecular complexity index is 906. The minimum Gasteiger partial charge on any atom is -0.465 e. The SMILES string of the molecule is COC(=O)c1ccccc1C1=CC2CCC(C1)N2C(=O)OCc1ccccc1. The number of fused-ring (bicyclic) bond motifs is 2. The van der Waals surface area contributed by atoms with Crippen LogP contribution in [0.1, 0.15) is 40.7 Å². The van der Waals surface area contributed by atoms with Gasteiger partial charge in [0.2, 0.25) is 0 Å². The van der Waals surface area contributed by atoms with Crippen molar-refractivity contribution in [2.24, 2.45) is 0 Å². The van der Waals surface area contributed by atoms with Crippen LogP contribution in [-0.4, -0.2) is 36.2 Å². The van der Waals surface area contributed by atoms with Gasteiger partial charge >= 0.3 is 12.1 Å². The van der Waals surface area contributed by atoms with Gasteiger partial charge in [0.05, 0.1) is 18.7 Å². The van der Waals surface area contributed by atoms with Crippen LogP contribution in [0.5, 0.6) is 0 Å². The van der Waals surface area contributed by atoms with Crippen LogP contribution in [0.2, 0.25) is 0 Å². The van der Waals surface area contributed by atoms with Gasteiger partial charge in [-0.1, -0.05) is 54.6 Å². The van der Waals surface area contributed by atoms with E-state index in [1.54, 1.807) is 6.07 Å². The lowest BCUT2D eigenvalue weighted by atomic mass is 9.91. The van der Waals surface area contributed by atoms with E-state index in [1.165, 1.54) is 7.11 Å². The number of amides is 1. The van der Waals surface area contributed by atoms with Gasteiger partial charge in [0.1, 0.15) is 6.61 Å². The molecule has 2 aliphatic heterocycles. The molecule has 2 aliphatic rings. The van der Waals surface area contributed by atoms with E-state index in [-0.39, 0.29) is 30.8 Å². The first-order valence-corrected chi connectivity index (χ1v) is 9.55. The Morgan fingerprint density at radius 2 is 1.79 bits per heavy atom. The maximum absolute atomic E-state index is 12.7. The summed E-state index contributed by atoms with van der Waals surface area (Å²) in [7, 11) is 1.39. The molecule has 2 bridgehead atoms. The van der Waals surface area contributed by atoms with Crippen LogP contribution >= 0.6 is 0 Å². The topological polar surface area (TPSA) is 55.8 Å². The summed E-state index contributed by atoms with van der Waals surface area (Å²) in [6, 6.07) is 17.3. The fourth-order valence-electron chi connectivity index (χ4n) is 4.16. The molecule has 1 fully saturated rings. The molecule has 0 saturated carbocycles. The van der Waals surface area contributed by atoms with Gasteiger partial charge in [0.25, 0.3) is 0 Å². The molecule has 0 radical (unpaired) electrons. The van der Waals surface area contributed by atoms with E-state index in [9.17, 15) is 9.59 Å². The van der Waals surface area contributed by atoms with Crippen molar-refractivity contribution in [3.8, 4) is 0 Å². The average molecular weight is 377 g/mol. The minimum absolute atomic E-state index is 0.00252. The summed E-state index contributed by atoms with van der Waals surface area (Å²) >= 11 is 0. The van der Waals surface area contributed by atoms with Gasteiger partial charge in [-0.05, 0) is 42.0 Å². The molecule has 2 aromatic carbocycles. The largest absolute Gasteiger partial charge is 0.465 e. The summed E-state index contributed by atoms with van der Waals surface area (Å²) in [5.74, 6) is -0.339. The quantitative estimate of drug-likeness (QED) is 0.740. The Balaban J connectivity index is 1.51. The summed E-state index contributed by atoms with van der Waals surface area (Å²) < 4.78 is 10.5. The Kier molecular flexibility index (Phi) is 5.15. The van der Waals surface area contributed by atoms with Gasteiger partial charge in [-0.3, -0.25) is 4.90 Å². The first-order valence-electron chi connectivity index (χ1n) is 9.55. The number of carbonyl (C=O) groups is 2. The molecule has 2 atom stereocenters. The monoisotopic (exact) mass is 377 g/mol. The molecule has 0 aliphatic carbocycles. The van der Waals surface area contributed by atoms with E-state index < -0.39 is 0 Å². The second kappa shape index (κ2) is 7.89. The number of carbonyl (C=O) groups excluding carboxylic acids is 2. The average Bonchev–Trinajstić information content (AvgIpc) is 3.01. The van der Waals surface area contributed by atoms with E-state index in [1.807, 2.05) is 53.4 Å². The molecule has 5 heteroatoms. The standard InChI is InChI=1S/C23H23NO4/c1-27-22(25)21-10-6-5-9-20(21)17-13-18-11-12-19(14-17)24(18)23(26)28-15-16-7-3-2-4-8-16/h2-10,13,18-19H,11-12,14-15H2,1H3. The van der Waals surface area contributed by atoms with E-state index >= 15 is 0 Å². The zero-order chi connectivity index (χ0) is 19.5. The van der Waals surface area contributed by atoms with Gasteiger partial charge in [0.15, 0.2) is 0 Å². The molecular formula is C23H23NO4. The van der Waals surface area contributed by atoms with Gasteiger partial charge in [-0.15, -0.1) is 0 Å². The molecule has 2 unspecified atom stereocenters. The number of hydrogen-bond donors (Lipinski definition) is 0. The zero-order valence-corrected chi connectivity index (χ0v) is 15.8. The Labute approximate surface area is 164 Å². The van der Waals surface area contributed by atoms with Crippen molar-refractivity contribution in [2.75, 3.05) is 7.11 Å². The van der Waals surface area contributed by atoms with Gasteiger partial charge in [-0.25, -0.2) is 9.59 Å². The lowest BCUT2D eigenvalue weighted by Gasteiger charge is -2.33. The molecule has 4 rings (SSSR count). The number of rotatable bonds is 4. The van der Waals surface area contributed by atoms with Crippen LogP contribution in [0.4, 0.5) is 4.79 Å². The molecule has 28 heavy (non-hydrogen) atoms. The van der Waals surface area contributed by atoms with Crippen LogP contribution in [0, 0.1) is 0 Å². The third-order valence-electron chi connectivity index (χ3n) is 5.49. The molecule has 5 nitrogen and oxygen atoms in total. The van der Waals surface area contributed by atoms with E-state index in [0.29, 0.717) is 12.0 Å². The summed E-state index contributed by atoms with van der Waals surface area (Å²) in [5, 5.41) is 0. The first-order chi connectivity index (χ1) is 13.7. The van der Waals surface area contributed by atoms with Crippen molar-refractivity contribution in [3.63, 3.8) is 0 Å². The maximum Gasteiger partial charge on any atom is 0.410 e. The van der Waals surface area contributed by atoms with Crippen LogP contribution in [-0.2, 0) is 16.1 Å². The molecule has 2 heterocycles. The summed E-state index contributed by atoms with van der Waals surface area (Å²) in [5.41, 5.74) is 3.53. The Morgan fingerprint density at radius 3 is 2.54 bits per heavy atom. The van der Waals surface area contributed by atoms with Crippen molar-refractivity contribution in [2.45, 2.75) is 38.0 Å². The van der Waals surface area contributed by atoms with E-state index in [4.69, 9.17) is 9.47 Å².